The van der Waals surface area contributed by atoms with E-state index >= 15 is 0 Å². The zero-order valence-corrected chi connectivity index (χ0v) is 21.3. The molecular weight excluding hydrogens is 466 g/mol. The minimum atomic E-state index is -0.182. The van der Waals surface area contributed by atoms with E-state index in [4.69, 9.17) is 9.15 Å². The second-order valence-electron chi connectivity index (χ2n) is 8.47. The standard InChI is InChI=1S/C31H27NO3S/c1-4-34-28-18-29-25(26(19-35-29)23-13-9-11-21-10-5-6-12-22(21)23)17-24(28)20(2)16-31(33)32-27-14-7-8-15-30(27)36-3/h5-19H,4H2,1-3H3,(H,32,33)/b20-16+. The number of ether oxygens (including phenoxy) is 1. The second kappa shape index (κ2) is 10.3. The highest BCUT2D eigenvalue weighted by Crippen LogP contribution is 2.39. The monoisotopic (exact) mass is 493 g/mol. The molecule has 1 N–H and O–H groups in total. The zero-order chi connectivity index (χ0) is 25.1. The van der Waals surface area contributed by atoms with E-state index in [1.165, 1.54) is 5.39 Å². The lowest BCUT2D eigenvalue weighted by molar-refractivity contribution is -0.111. The van der Waals surface area contributed by atoms with Gasteiger partial charge in [-0.15, -0.1) is 11.8 Å². The van der Waals surface area contributed by atoms with Crippen LogP contribution in [0.1, 0.15) is 19.4 Å². The molecular formula is C31H27NO3S. The fourth-order valence-electron chi connectivity index (χ4n) is 4.50. The number of carbonyl (C=O) groups is 1. The lowest BCUT2D eigenvalue weighted by Crippen LogP contribution is -2.09. The molecule has 0 fully saturated rings. The molecule has 1 heterocycles. The summed E-state index contributed by atoms with van der Waals surface area (Å²) in [4.78, 5) is 13.9. The maximum Gasteiger partial charge on any atom is 0.248 e. The van der Waals surface area contributed by atoms with Crippen molar-refractivity contribution >= 4 is 50.7 Å². The molecule has 5 heteroatoms. The predicted octanol–water partition coefficient (Wildman–Crippen LogP) is 8.42. The van der Waals surface area contributed by atoms with Crippen molar-refractivity contribution in [2.45, 2.75) is 18.7 Å². The third kappa shape index (κ3) is 4.62. The summed E-state index contributed by atoms with van der Waals surface area (Å²) in [5, 5.41) is 6.32. The molecule has 4 aromatic carbocycles. The number of hydrogen-bond acceptors (Lipinski definition) is 4. The topological polar surface area (TPSA) is 51.5 Å². The Labute approximate surface area is 215 Å². The predicted molar refractivity (Wildman–Crippen MR) is 151 cm³/mol. The molecule has 5 aromatic rings. The van der Waals surface area contributed by atoms with Crippen molar-refractivity contribution < 1.29 is 13.9 Å². The first kappa shape index (κ1) is 23.8. The molecule has 0 aliphatic rings. The average molecular weight is 494 g/mol. The number of carbonyl (C=O) groups excluding carboxylic acids is 1. The number of hydrogen-bond donors (Lipinski definition) is 1. The van der Waals surface area contributed by atoms with E-state index in [9.17, 15) is 4.79 Å². The Morgan fingerprint density at radius 3 is 2.58 bits per heavy atom. The number of nitrogens with one attached hydrogen (secondary N) is 1. The fourth-order valence-corrected chi connectivity index (χ4v) is 5.05. The molecule has 0 aliphatic heterocycles. The summed E-state index contributed by atoms with van der Waals surface area (Å²) >= 11 is 1.60. The third-order valence-electron chi connectivity index (χ3n) is 6.19. The van der Waals surface area contributed by atoms with Crippen molar-refractivity contribution in [1.29, 1.82) is 0 Å². The first-order valence-electron chi connectivity index (χ1n) is 11.9. The molecule has 0 bridgehead atoms. The van der Waals surface area contributed by atoms with Gasteiger partial charge in [0.25, 0.3) is 0 Å². The summed E-state index contributed by atoms with van der Waals surface area (Å²) in [7, 11) is 0. The van der Waals surface area contributed by atoms with E-state index in [0.717, 1.165) is 49.2 Å². The van der Waals surface area contributed by atoms with Crippen LogP contribution in [0, 0.1) is 0 Å². The number of thioether (sulfide) groups is 1. The van der Waals surface area contributed by atoms with Gasteiger partial charge in [0.05, 0.1) is 18.6 Å². The van der Waals surface area contributed by atoms with Crippen LogP contribution in [0.4, 0.5) is 5.69 Å². The van der Waals surface area contributed by atoms with Gasteiger partial charge in [0, 0.05) is 33.6 Å². The summed E-state index contributed by atoms with van der Waals surface area (Å²) in [6.45, 7) is 4.39. The van der Waals surface area contributed by atoms with E-state index < -0.39 is 0 Å². The molecule has 1 amide bonds. The minimum absolute atomic E-state index is 0.182. The van der Waals surface area contributed by atoms with Gasteiger partial charge >= 0.3 is 0 Å². The Bertz CT molecular complexity index is 1590. The second-order valence-corrected chi connectivity index (χ2v) is 9.32. The van der Waals surface area contributed by atoms with E-state index in [1.54, 1.807) is 24.1 Å². The summed E-state index contributed by atoms with van der Waals surface area (Å²) in [6, 6.07) is 26.4. The molecule has 0 spiro atoms. The first-order chi connectivity index (χ1) is 17.6. The van der Waals surface area contributed by atoms with Crippen molar-refractivity contribution in [1.82, 2.24) is 0 Å². The number of rotatable bonds is 7. The maximum atomic E-state index is 12.9. The molecule has 0 aliphatic carbocycles. The number of amides is 1. The van der Waals surface area contributed by atoms with Crippen LogP contribution in [-0.4, -0.2) is 18.8 Å². The normalized spacial score (nSPS) is 11.7. The summed E-state index contributed by atoms with van der Waals surface area (Å²) in [5.41, 5.74) is 5.33. The smallest absolute Gasteiger partial charge is 0.248 e. The van der Waals surface area contributed by atoms with E-state index in [2.05, 4.69) is 41.7 Å². The highest BCUT2D eigenvalue weighted by atomic mass is 32.2. The molecule has 0 atom stereocenters. The molecule has 0 unspecified atom stereocenters. The fraction of sp³-hybridized carbons (Fsp3) is 0.129. The van der Waals surface area contributed by atoms with Crippen molar-refractivity contribution in [2.24, 2.45) is 0 Å². The van der Waals surface area contributed by atoms with Gasteiger partial charge in [0.15, 0.2) is 0 Å². The van der Waals surface area contributed by atoms with Crippen LogP contribution in [0.3, 0.4) is 0 Å². The number of allylic oxidation sites excluding steroid dienone is 1. The summed E-state index contributed by atoms with van der Waals surface area (Å²) in [5.74, 6) is 0.507. The molecule has 36 heavy (non-hydrogen) atoms. The van der Waals surface area contributed by atoms with Gasteiger partial charge in [-0.2, -0.15) is 0 Å². The molecule has 1 aromatic heterocycles. The molecule has 0 saturated heterocycles. The number of anilines is 1. The van der Waals surface area contributed by atoms with Crippen LogP contribution in [0.15, 0.2) is 101 Å². The average Bonchev–Trinajstić information content (AvgIpc) is 3.31. The van der Waals surface area contributed by atoms with Gasteiger partial charge in [0.2, 0.25) is 5.91 Å². The van der Waals surface area contributed by atoms with Crippen LogP contribution in [0.25, 0.3) is 38.4 Å². The molecule has 0 radical (unpaired) electrons. The van der Waals surface area contributed by atoms with Crippen LogP contribution >= 0.6 is 11.8 Å². The highest BCUT2D eigenvalue weighted by Gasteiger charge is 2.17. The molecule has 5 rings (SSSR count). The minimum Gasteiger partial charge on any atom is -0.493 e. The lowest BCUT2D eigenvalue weighted by atomic mass is 9.96. The van der Waals surface area contributed by atoms with Crippen LogP contribution in [-0.2, 0) is 4.79 Å². The Morgan fingerprint density at radius 2 is 1.75 bits per heavy atom. The van der Waals surface area contributed by atoms with Crippen molar-refractivity contribution in [2.75, 3.05) is 18.2 Å². The lowest BCUT2D eigenvalue weighted by Gasteiger charge is -2.12. The van der Waals surface area contributed by atoms with Gasteiger partial charge < -0.3 is 14.5 Å². The third-order valence-corrected chi connectivity index (χ3v) is 6.99. The Morgan fingerprint density at radius 1 is 0.972 bits per heavy atom. The van der Waals surface area contributed by atoms with E-state index in [1.807, 2.05) is 62.6 Å². The number of furan rings is 1. The molecule has 4 nitrogen and oxygen atoms in total. The molecule has 180 valence electrons. The Kier molecular flexibility index (Phi) is 6.83. The van der Waals surface area contributed by atoms with Gasteiger partial charge in [-0.3, -0.25) is 4.79 Å². The zero-order valence-electron chi connectivity index (χ0n) is 20.5. The number of fused-ring (bicyclic) bond motifs is 2. The van der Waals surface area contributed by atoms with Gasteiger partial charge in [-0.25, -0.2) is 0 Å². The van der Waals surface area contributed by atoms with Crippen LogP contribution < -0.4 is 10.1 Å². The van der Waals surface area contributed by atoms with E-state index in [0.29, 0.717) is 12.4 Å². The highest BCUT2D eigenvalue weighted by molar-refractivity contribution is 7.98. The van der Waals surface area contributed by atoms with Gasteiger partial charge in [-0.05, 0) is 60.2 Å². The largest absolute Gasteiger partial charge is 0.493 e. The summed E-state index contributed by atoms with van der Waals surface area (Å²) < 4.78 is 11.9. The van der Waals surface area contributed by atoms with E-state index in [-0.39, 0.29) is 5.91 Å². The number of benzene rings is 4. The Balaban J connectivity index is 1.58. The van der Waals surface area contributed by atoms with Crippen LogP contribution in [0.5, 0.6) is 5.75 Å². The van der Waals surface area contributed by atoms with Crippen LogP contribution in [0.2, 0.25) is 0 Å². The van der Waals surface area contributed by atoms with Gasteiger partial charge in [0.1, 0.15) is 11.3 Å². The van der Waals surface area contributed by atoms with Crippen molar-refractivity contribution in [3.05, 3.63) is 96.8 Å². The summed E-state index contributed by atoms with van der Waals surface area (Å²) in [6.07, 6.45) is 5.42. The first-order valence-corrected chi connectivity index (χ1v) is 13.1. The van der Waals surface area contributed by atoms with Crippen molar-refractivity contribution in [3.8, 4) is 16.9 Å². The number of para-hydroxylation sites is 1. The van der Waals surface area contributed by atoms with Crippen molar-refractivity contribution in [3.63, 3.8) is 0 Å². The SMILES string of the molecule is CCOc1cc2occ(-c3cccc4ccccc34)c2cc1/C(C)=C/C(=O)Nc1ccccc1SC. The maximum absolute atomic E-state index is 12.9. The van der Waals surface area contributed by atoms with Gasteiger partial charge in [-0.1, -0.05) is 54.6 Å². The quantitative estimate of drug-likeness (QED) is 0.183. The molecule has 0 saturated carbocycles. The Hall–Kier alpha value is -3.96.